The number of primary amides is 1. The number of hydrogen-bond donors (Lipinski definition) is 2. The molecule has 1 aromatic rings. The van der Waals surface area contributed by atoms with E-state index < -0.39 is 5.91 Å². The number of alkyl halides is 1. The third-order valence-electron chi connectivity index (χ3n) is 1.22. The summed E-state index contributed by atoms with van der Waals surface area (Å²) in [5.74, 6) is -0.588. The minimum Gasteiger partial charge on any atom is -0.508 e. The summed E-state index contributed by atoms with van der Waals surface area (Å²) in [5.41, 5.74) is 5.17. The zero-order chi connectivity index (χ0) is 10.4. The molecular formula is C8H9Cl2NO2. The van der Waals surface area contributed by atoms with E-state index in [0.29, 0.717) is 0 Å². The van der Waals surface area contributed by atoms with E-state index in [-0.39, 0.29) is 16.3 Å². The zero-order valence-electron chi connectivity index (χ0n) is 6.92. The van der Waals surface area contributed by atoms with Crippen molar-refractivity contribution in [3.8, 4) is 5.75 Å². The van der Waals surface area contributed by atoms with Crippen molar-refractivity contribution < 1.29 is 9.90 Å². The molecule has 0 radical (unpaired) electrons. The highest BCUT2D eigenvalue weighted by molar-refractivity contribution is 6.33. The van der Waals surface area contributed by atoms with Gasteiger partial charge in [-0.25, -0.2) is 0 Å². The first-order valence-electron chi connectivity index (χ1n) is 3.27. The van der Waals surface area contributed by atoms with Gasteiger partial charge in [0, 0.05) is 6.38 Å². The van der Waals surface area contributed by atoms with Crippen LogP contribution in [0.4, 0.5) is 0 Å². The van der Waals surface area contributed by atoms with E-state index in [9.17, 15) is 4.79 Å². The zero-order valence-corrected chi connectivity index (χ0v) is 8.43. The van der Waals surface area contributed by atoms with Crippen LogP contribution < -0.4 is 5.73 Å². The Bertz CT molecular complexity index is 302. The largest absolute Gasteiger partial charge is 0.508 e. The Morgan fingerprint density at radius 1 is 1.46 bits per heavy atom. The molecule has 0 aliphatic rings. The lowest BCUT2D eigenvalue weighted by atomic mass is 10.2. The number of halogens is 2. The smallest absolute Gasteiger partial charge is 0.250 e. The van der Waals surface area contributed by atoms with Crippen LogP contribution in [-0.2, 0) is 0 Å². The number of phenolic OH excluding ortho intramolecular Hbond substituents is 1. The third kappa shape index (κ3) is 3.53. The Morgan fingerprint density at radius 3 is 2.38 bits per heavy atom. The van der Waals surface area contributed by atoms with Crippen LogP contribution in [0.2, 0.25) is 5.02 Å². The van der Waals surface area contributed by atoms with Gasteiger partial charge in [0.25, 0.3) is 0 Å². The Morgan fingerprint density at radius 2 is 2.00 bits per heavy atom. The number of aromatic hydroxyl groups is 1. The molecule has 0 saturated heterocycles. The minimum atomic E-state index is -0.602. The van der Waals surface area contributed by atoms with E-state index >= 15 is 0 Å². The molecule has 0 bridgehead atoms. The lowest BCUT2D eigenvalue weighted by Crippen LogP contribution is -2.11. The van der Waals surface area contributed by atoms with E-state index in [4.69, 9.17) is 22.4 Å². The normalized spacial score (nSPS) is 8.54. The molecule has 0 atom stereocenters. The van der Waals surface area contributed by atoms with Crippen molar-refractivity contribution >= 4 is 29.1 Å². The van der Waals surface area contributed by atoms with Gasteiger partial charge in [0.2, 0.25) is 5.91 Å². The van der Waals surface area contributed by atoms with Crippen LogP contribution in [-0.4, -0.2) is 17.4 Å². The van der Waals surface area contributed by atoms with Crippen LogP contribution in [0.1, 0.15) is 10.4 Å². The maximum Gasteiger partial charge on any atom is 0.250 e. The monoisotopic (exact) mass is 221 g/mol. The molecule has 0 aliphatic carbocycles. The fourth-order valence-electron chi connectivity index (χ4n) is 0.704. The number of carbonyl (C=O) groups is 1. The minimum absolute atomic E-state index is 0.0139. The van der Waals surface area contributed by atoms with Gasteiger partial charge in [0.1, 0.15) is 5.75 Å². The van der Waals surface area contributed by atoms with Crippen molar-refractivity contribution in [3.63, 3.8) is 0 Å². The van der Waals surface area contributed by atoms with Gasteiger partial charge in [0.05, 0.1) is 10.6 Å². The van der Waals surface area contributed by atoms with Gasteiger partial charge >= 0.3 is 0 Å². The quantitative estimate of drug-likeness (QED) is 0.713. The molecule has 13 heavy (non-hydrogen) atoms. The van der Waals surface area contributed by atoms with E-state index in [0.717, 1.165) is 0 Å². The molecule has 3 nitrogen and oxygen atoms in total. The summed E-state index contributed by atoms with van der Waals surface area (Å²) in [5, 5.41) is 9.05. The number of carbonyl (C=O) groups excluding carboxylic acids is 1. The van der Waals surface area contributed by atoms with Crippen LogP contribution in [0, 0.1) is 0 Å². The van der Waals surface area contributed by atoms with Gasteiger partial charge in [0.15, 0.2) is 0 Å². The standard InChI is InChI=1S/C7H6ClNO2.CH3Cl/c8-6-3-4(10)1-2-5(6)7(9)11;1-2/h1-3,10H,(H2,9,11);1H3. The first-order valence-corrected chi connectivity index (χ1v) is 4.41. The summed E-state index contributed by atoms with van der Waals surface area (Å²) in [6.45, 7) is 0. The Hall–Kier alpha value is -0.930. The molecule has 0 fully saturated rings. The lowest BCUT2D eigenvalue weighted by molar-refractivity contribution is 0.100. The SMILES string of the molecule is CCl.NC(=O)c1ccc(O)cc1Cl. The number of phenols is 1. The first kappa shape index (κ1) is 12.1. The van der Waals surface area contributed by atoms with Crippen molar-refractivity contribution in [1.29, 1.82) is 0 Å². The maximum absolute atomic E-state index is 10.6. The average molecular weight is 222 g/mol. The maximum atomic E-state index is 10.6. The fraction of sp³-hybridized carbons (Fsp3) is 0.125. The number of benzene rings is 1. The van der Waals surface area contributed by atoms with E-state index in [1.54, 1.807) is 0 Å². The van der Waals surface area contributed by atoms with E-state index in [1.165, 1.54) is 24.6 Å². The van der Waals surface area contributed by atoms with Crippen LogP contribution in [0.5, 0.6) is 5.75 Å². The summed E-state index contributed by atoms with van der Waals surface area (Å²) in [6, 6.07) is 3.99. The number of rotatable bonds is 1. The Kier molecular flexibility index (Phi) is 5.26. The molecular weight excluding hydrogens is 213 g/mol. The first-order chi connectivity index (χ1) is 6.11. The van der Waals surface area contributed by atoms with Gasteiger partial charge in [-0.2, -0.15) is 0 Å². The van der Waals surface area contributed by atoms with E-state index in [1.807, 2.05) is 0 Å². The number of amides is 1. The van der Waals surface area contributed by atoms with Gasteiger partial charge < -0.3 is 10.8 Å². The number of hydrogen-bond acceptors (Lipinski definition) is 2. The molecule has 3 N–H and O–H groups in total. The van der Waals surface area contributed by atoms with Crippen molar-refractivity contribution in [2.75, 3.05) is 6.38 Å². The lowest BCUT2D eigenvalue weighted by Gasteiger charge is -1.98. The molecule has 1 rings (SSSR count). The molecule has 5 heteroatoms. The van der Waals surface area contributed by atoms with Gasteiger partial charge in [-0.05, 0) is 18.2 Å². The number of nitrogens with two attached hydrogens (primary N) is 1. The summed E-state index contributed by atoms with van der Waals surface area (Å²) in [7, 11) is 0. The fourth-order valence-corrected chi connectivity index (χ4v) is 0.972. The van der Waals surface area contributed by atoms with Crippen LogP contribution >= 0.6 is 23.2 Å². The van der Waals surface area contributed by atoms with Gasteiger partial charge in [-0.15, -0.1) is 11.6 Å². The summed E-state index contributed by atoms with van der Waals surface area (Å²) in [6.07, 6.45) is 1.47. The van der Waals surface area contributed by atoms with Crippen molar-refractivity contribution in [1.82, 2.24) is 0 Å². The average Bonchev–Trinajstić information content (AvgIpc) is 2.07. The highest BCUT2D eigenvalue weighted by Crippen LogP contribution is 2.20. The molecule has 1 aromatic carbocycles. The second-order valence-corrected chi connectivity index (χ2v) is 2.44. The van der Waals surface area contributed by atoms with Gasteiger partial charge in [-0.3, -0.25) is 4.79 Å². The topological polar surface area (TPSA) is 63.3 Å². The Balaban J connectivity index is 0.000000671. The molecule has 0 unspecified atom stereocenters. The molecule has 0 saturated carbocycles. The molecule has 0 aromatic heterocycles. The summed E-state index contributed by atoms with van der Waals surface area (Å²) >= 11 is 10.2. The highest BCUT2D eigenvalue weighted by atomic mass is 35.5. The predicted molar refractivity (Wildman–Crippen MR) is 53.4 cm³/mol. The van der Waals surface area contributed by atoms with Crippen LogP contribution in [0.3, 0.4) is 0 Å². The van der Waals surface area contributed by atoms with Crippen LogP contribution in [0.15, 0.2) is 18.2 Å². The van der Waals surface area contributed by atoms with E-state index in [2.05, 4.69) is 11.6 Å². The molecule has 1 amide bonds. The molecule has 0 aliphatic heterocycles. The molecule has 0 heterocycles. The van der Waals surface area contributed by atoms with Crippen molar-refractivity contribution in [2.24, 2.45) is 5.73 Å². The Labute approximate surface area is 86.1 Å². The van der Waals surface area contributed by atoms with Crippen molar-refractivity contribution in [2.45, 2.75) is 0 Å². The van der Waals surface area contributed by atoms with Gasteiger partial charge in [-0.1, -0.05) is 11.6 Å². The third-order valence-corrected chi connectivity index (χ3v) is 1.53. The summed E-state index contributed by atoms with van der Waals surface area (Å²) in [4.78, 5) is 10.6. The van der Waals surface area contributed by atoms with Crippen molar-refractivity contribution in [3.05, 3.63) is 28.8 Å². The second-order valence-electron chi connectivity index (χ2n) is 2.03. The summed E-state index contributed by atoms with van der Waals surface area (Å²) < 4.78 is 0. The predicted octanol–water partition coefficient (Wildman–Crippen LogP) is 2.00. The molecule has 0 spiro atoms. The second kappa shape index (κ2) is 5.67. The molecule has 72 valence electrons. The van der Waals surface area contributed by atoms with Crippen LogP contribution in [0.25, 0.3) is 0 Å². The highest BCUT2D eigenvalue weighted by Gasteiger charge is 2.05.